The van der Waals surface area contributed by atoms with Gasteiger partial charge in [0.15, 0.2) is 5.96 Å². The average Bonchev–Trinajstić information content (AvgIpc) is 3.39. The number of amides is 1. The van der Waals surface area contributed by atoms with E-state index in [1.165, 1.54) is 12.5 Å². The van der Waals surface area contributed by atoms with E-state index in [1.54, 1.807) is 4.90 Å². The summed E-state index contributed by atoms with van der Waals surface area (Å²) in [6.07, 6.45) is 2.59. The predicted octanol–water partition coefficient (Wildman–Crippen LogP) is 0.991. The first kappa shape index (κ1) is 29.8. The number of nitrogens with two attached hydrogens (primary N) is 3. The van der Waals surface area contributed by atoms with E-state index >= 15 is 0 Å². The topological polar surface area (TPSA) is 197 Å². The summed E-state index contributed by atoms with van der Waals surface area (Å²) < 4.78 is 0. The monoisotopic (exact) mass is 537 g/mol. The van der Waals surface area contributed by atoms with Crippen LogP contribution >= 0.6 is 0 Å². The Hall–Kier alpha value is -3.76. The standard InChI is InChI=1S/C29H37N5O4.H2O/c1-18(35)25-26(22-10-9-21-12-20(13-23(21)14-22)16-33-28(31)32)34(11-5-8-19-6-3-2-4-7-19)27(38)29(25,17-30)15-24(36)37;/h2-4,6-7,9-10,14,20,25-26H,5,8,11-13,15-17,30H2,1H3,(H,36,37)(H4,31,32,33);1H2/t20?,25?,26-,29-;/m1./s1. The molecule has 9 N–H and O–H groups in total. The van der Waals surface area contributed by atoms with Crippen LogP contribution in [-0.4, -0.2) is 58.7 Å². The third-order valence-electron chi connectivity index (χ3n) is 8.03. The highest BCUT2D eigenvalue weighted by Crippen LogP contribution is 2.51. The number of aliphatic carboxylic acids is 1. The molecular formula is C29H39N5O5. The van der Waals surface area contributed by atoms with Gasteiger partial charge in [0.25, 0.3) is 0 Å². The second kappa shape index (κ2) is 12.4. The van der Waals surface area contributed by atoms with E-state index in [0.29, 0.717) is 19.5 Å². The van der Waals surface area contributed by atoms with E-state index in [0.717, 1.165) is 36.0 Å². The van der Waals surface area contributed by atoms with Gasteiger partial charge in [0.05, 0.1) is 23.8 Å². The van der Waals surface area contributed by atoms with Crippen LogP contribution in [0.3, 0.4) is 0 Å². The van der Waals surface area contributed by atoms with Gasteiger partial charge in [0.1, 0.15) is 5.78 Å². The molecule has 210 valence electrons. The zero-order valence-corrected chi connectivity index (χ0v) is 22.3. The van der Waals surface area contributed by atoms with Gasteiger partial charge in [-0.15, -0.1) is 0 Å². The van der Waals surface area contributed by atoms with Gasteiger partial charge in [-0.05, 0) is 60.8 Å². The van der Waals surface area contributed by atoms with E-state index in [-0.39, 0.29) is 35.6 Å². The lowest BCUT2D eigenvalue weighted by Crippen LogP contribution is -2.46. The Morgan fingerprint density at radius 2 is 1.79 bits per heavy atom. The molecule has 1 aliphatic carbocycles. The smallest absolute Gasteiger partial charge is 0.304 e. The Morgan fingerprint density at radius 3 is 2.41 bits per heavy atom. The van der Waals surface area contributed by atoms with Crippen LogP contribution in [0.1, 0.15) is 48.1 Å². The summed E-state index contributed by atoms with van der Waals surface area (Å²) in [7, 11) is 0. The minimum Gasteiger partial charge on any atom is -0.481 e. The summed E-state index contributed by atoms with van der Waals surface area (Å²) in [4.78, 5) is 44.9. The van der Waals surface area contributed by atoms with E-state index in [2.05, 4.69) is 11.1 Å². The van der Waals surface area contributed by atoms with Gasteiger partial charge in [-0.2, -0.15) is 0 Å². The molecule has 0 radical (unpaired) electrons. The minimum atomic E-state index is -1.48. The Labute approximate surface area is 228 Å². The molecule has 2 unspecified atom stereocenters. The van der Waals surface area contributed by atoms with Crippen LogP contribution in [0.4, 0.5) is 0 Å². The molecule has 0 bridgehead atoms. The van der Waals surface area contributed by atoms with Gasteiger partial charge >= 0.3 is 5.97 Å². The number of fused-ring (bicyclic) bond motifs is 1. The fourth-order valence-electron chi connectivity index (χ4n) is 6.37. The van der Waals surface area contributed by atoms with Gasteiger partial charge in [-0.25, -0.2) is 0 Å². The van der Waals surface area contributed by atoms with Gasteiger partial charge in [0, 0.05) is 19.6 Å². The number of rotatable bonds is 11. The number of benzene rings is 2. The highest BCUT2D eigenvalue weighted by atomic mass is 16.4. The summed E-state index contributed by atoms with van der Waals surface area (Å²) in [6, 6.07) is 15.5. The number of ketones is 1. The quantitative estimate of drug-likeness (QED) is 0.242. The molecule has 1 amide bonds. The summed E-state index contributed by atoms with van der Waals surface area (Å²) >= 11 is 0. The van der Waals surface area contributed by atoms with Crippen molar-refractivity contribution in [3.8, 4) is 0 Å². The van der Waals surface area contributed by atoms with Crippen LogP contribution in [0, 0.1) is 17.3 Å². The summed E-state index contributed by atoms with van der Waals surface area (Å²) in [6.45, 7) is 2.15. The zero-order chi connectivity index (χ0) is 27.4. The highest BCUT2D eigenvalue weighted by Gasteiger charge is 2.61. The van der Waals surface area contributed by atoms with Crippen molar-refractivity contribution in [2.24, 2.45) is 39.4 Å². The fourth-order valence-corrected chi connectivity index (χ4v) is 6.37. The molecule has 4 atom stereocenters. The summed E-state index contributed by atoms with van der Waals surface area (Å²) in [5.74, 6) is -2.24. The Balaban J connectivity index is 0.00000420. The van der Waals surface area contributed by atoms with Crippen molar-refractivity contribution >= 4 is 23.6 Å². The molecule has 4 rings (SSSR count). The molecule has 10 nitrogen and oxygen atoms in total. The van der Waals surface area contributed by atoms with Gasteiger partial charge in [-0.1, -0.05) is 48.5 Å². The average molecular weight is 538 g/mol. The van der Waals surface area contributed by atoms with Crippen LogP contribution in [0.15, 0.2) is 53.5 Å². The Bertz CT molecular complexity index is 1230. The van der Waals surface area contributed by atoms with Crippen molar-refractivity contribution < 1.29 is 25.0 Å². The maximum absolute atomic E-state index is 14.0. The van der Waals surface area contributed by atoms with Crippen molar-refractivity contribution in [3.63, 3.8) is 0 Å². The predicted molar refractivity (Wildman–Crippen MR) is 149 cm³/mol. The fraction of sp³-hybridized carbons (Fsp3) is 0.448. The van der Waals surface area contributed by atoms with Crippen molar-refractivity contribution in [2.45, 2.75) is 45.1 Å². The van der Waals surface area contributed by atoms with E-state index in [1.807, 2.05) is 42.5 Å². The molecule has 0 aromatic heterocycles. The lowest BCUT2D eigenvalue weighted by molar-refractivity contribution is -0.148. The Kier molecular flexibility index (Phi) is 9.47. The number of hydrogen-bond donors (Lipinski definition) is 4. The molecule has 2 aliphatic rings. The summed E-state index contributed by atoms with van der Waals surface area (Å²) in [5, 5.41) is 9.73. The molecule has 0 saturated carbocycles. The third kappa shape index (κ3) is 6.12. The first-order chi connectivity index (χ1) is 18.2. The van der Waals surface area contributed by atoms with Gasteiger partial charge in [0.2, 0.25) is 5.91 Å². The highest BCUT2D eigenvalue weighted by molar-refractivity contribution is 5.97. The molecular weight excluding hydrogens is 498 g/mol. The molecule has 1 aliphatic heterocycles. The van der Waals surface area contributed by atoms with Crippen LogP contribution in [0.2, 0.25) is 0 Å². The number of likely N-dealkylation sites (tertiary alicyclic amines) is 1. The van der Waals surface area contributed by atoms with Crippen molar-refractivity contribution in [1.82, 2.24) is 4.90 Å². The lowest BCUT2D eigenvalue weighted by atomic mass is 9.69. The molecule has 1 heterocycles. The lowest BCUT2D eigenvalue weighted by Gasteiger charge is -2.30. The number of aryl methyl sites for hydroxylation is 1. The van der Waals surface area contributed by atoms with E-state index < -0.39 is 29.8 Å². The normalized spacial score (nSPS) is 23.7. The molecule has 1 fully saturated rings. The maximum atomic E-state index is 14.0. The number of aliphatic imine (C=N–C) groups is 1. The first-order valence-corrected chi connectivity index (χ1v) is 13.1. The van der Waals surface area contributed by atoms with Gasteiger partial charge in [-0.3, -0.25) is 19.4 Å². The molecule has 10 heteroatoms. The number of carboxylic acid groups (broad SMARTS) is 1. The maximum Gasteiger partial charge on any atom is 0.304 e. The number of guanidine groups is 1. The third-order valence-corrected chi connectivity index (χ3v) is 8.03. The molecule has 0 spiro atoms. The van der Waals surface area contributed by atoms with Crippen LogP contribution in [0.5, 0.6) is 0 Å². The number of nitrogens with zero attached hydrogens (tertiary/aromatic N) is 2. The van der Waals surface area contributed by atoms with Crippen molar-refractivity contribution in [3.05, 3.63) is 70.8 Å². The number of carbonyl (C=O) groups excluding carboxylic acids is 2. The van der Waals surface area contributed by atoms with E-state index in [4.69, 9.17) is 17.2 Å². The largest absolute Gasteiger partial charge is 0.481 e. The zero-order valence-electron chi connectivity index (χ0n) is 22.3. The second-order valence-corrected chi connectivity index (χ2v) is 10.6. The van der Waals surface area contributed by atoms with Gasteiger partial charge < -0.3 is 32.7 Å². The Morgan fingerprint density at radius 1 is 1.10 bits per heavy atom. The minimum absolute atomic E-state index is 0. The van der Waals surface area contributed by atoms with Crippen LogP contribution in [-0.2, 0) is 33.6 Å². The van der Waals surface area contributed by atoms with E-state index in [9.17, 15) is 19.5 Å². The number of carbonyl (C=O) groups is 3. The number of carboxylic acids is 1. The molecule has 2 aromatic carbocycles. The van der Waals surface area contributed by atoms with Crippen molar-refractivity contribution in [1.29, 1.82) is 0 Å². The van der Waals surface area contributed by atoms with Crippen LogP contribution < -0.4 is 17.2 Å². The number of Topliss-reactive ketones (excluding diaryl/α,β-unsaturated/α-hetero) is 1. The molecule has 1 saturated heterocycles. The van der Waals surface area contributed by atoms with Crippen LogP contribution in [0.25, 0.3) is 0 Å². The molecule has 2 aromatic rings. The first-order valence-electron chi connectivity index (χ1n) is 13.1. The van der Waals surface area contributed by atoms with Crippen molar-refractivity contribution in [2.75, 3.05) is 19.6 Å². The SMILES string of the molecule is CC(=O)C1[C@@H](c2ccc3c(c2)CC(CN=C(N)N)C3)N(CCCc2ccccc2)C(=O)[C@@]1(CN)CC(=O)O.O. The second-order valence-electron chi connectivity index (χ2n) is 10.6. The molecule has 39 heavy (non-hydrogen) atoms. The number of hydrogen-bond acceptors (Lipinski definition) is 5. The summed E-state index contributed by atoms with van der Waals surface area (Å²) in [5.41, 5.74) is 20.0.